The molecule has 1 amide bonds. The second-order valence-electron chi connectivity index (χ2n) is 7.31. The Balaban J connectivity index is 1.32. The van der Waals surface area contributed by atoms with Crippen molar-refractivity contribution in [1.82, 2.24) is 14.9 Å². The summed E-state index contributed by atoms with van der Waals surface area (Å²) in [5.74, 6) is 0.769. The lowest BCUT2D eigenvalue weighted by molar-refractivity contribution is -0.153. The van der Waals surface area contributed by atoms with E-state index in [-0.39, 0.29) is 11.5 Å². The van der Waals surface area contributed by atoms with Gasteiger partial charge in [-0.25, -0.2) is 4.98 Å². The Labute approximate surface area is 142 Å². The van der Waals surface area contributed by atoms with Crippen LogP contribution in [-0.4, -0.2) is 58.8 Å². The van der Waals surface area contributed by atoms with Crippen molar-refractivity contribution in [3.8, 4) is 0 Å². The van der Waals surface area contributed by atoms with Gasteiger partial charge in [-0.1, -0.05) is 0 Å². The summed E-state index contributed by atoms with van der Waals surface area (Å²) >= 11 is 0. The van der Waals surface area contributed by atoms with Crippen LogP contribution in [0.25, 0.3) is 0 Å². The summed E-state index contributed by atoms with van der Waals surface area (Å²) in [6.45, 7) is 3.11. The Morgan fingerprint density at radius 3 is 2.83 bits per heavy atom. The van der Waals surface area contributed by atoms with Crippen molar-refractivity contribution < 1.29 is 14.3 Å². The van der Waals surface area contributed by atoms with Crippen LogP contribution in [0, 0.1) is 5.92 Å². The quantitative estimate of drug-likeness (QED) is 0.845. The molecule has 3 aliphatic rings. The van der Waals surface area contributed by atoms with Gasteiger partial charge in [-0.15, -0.1) is 0 Å². The molecule has 2 saturated heterocycles. The maximum Gasteiger partial charge on any atom is 0.274 e. The van der Waals surface area contributed by atoms with Crippen LogP contribution in [0.3, 0.4) is 0 Å². The number of likely N-dealkylation sites (tertiary alicyclic amines) is 1. The van der Waals surface area contributed by atoms with Crippen LogP contribution in [0.1, 0.15) is 49.0 Å². The molecule has 1 atom stereocenters. The van der Waals surface area contributed by atoms with Gasteiger partial charge in [0.05, 0.1) is 17.9 Å². The highest BCUT2D eigenvalue weighted by Crippen LogP contribution is 2.37. The molecule has 130 valence electrons. The van der Waals surface area contributed by atoms with Gasteiger partial charge >= 0.3 is 0 Å². The maximum atomic E-state index is 12.5. The number of aromatic nitrogens is 2. The molecule has 3 heterocycles. The first-order valence-corrected chi connectivity index (χ1v) is 9.05. The monoisotopic (exact) mass is 331 g/mol. The summed E-state index contributed by atoms with van der Waals surface area (Å²) in [5, 5.41) is 0. The van der Waals surface area contributed by atoms with E-state index in [1.165, 1.54) is 19.0 Å². The van der Waals surface area contributed by atoms with Crippen LogP contribution in [0.5, 0.6) is 0 Å². The molecule has 2 aliphatic heterocycles. The van der Waals surface area contributed by atoms with Crippen molar-refractivity contribution in [2.24, 2.45) is 5.92 Å². The average Bonchev–Trinajstić information content (AvgIpc) is 3.46. The fourth-order valence-corrected chi connectivity index (χ4v) is 3.72. The summed E-state index contributed by atoms with van der Waals surface area (Å²) in [6, 6.07) is 0. The number of hydrogen-bond donors (Lipinski definition) is 0. The van der Waals surface area contributed by atoms with E-state index in [2.05, 4.69) is 9.97 Å². The van der Waals surface area contributed by atoms with Gasteiger partial charge in [-0.05, 0) is 38.0 Å². The minimum absolute atomic E-state index is 0.0321. The lowest BCUT2D eigenvalue weighted by atomic mass is 9.83. The maximum absolute atomic E-state index is 12.5. The molecule has 6 heteroatoms. The molecular weight excluding hydrogens is 306 g/mol. The number of nitrogens with zero attached hydrogens (tertiary/aromatic N) is 3. The fraction of sp³-hybridized carbons (Fsp3) is 0.722. The summed E-state index contributed by atoms with van der Waals surface area (Å²) in [6.07, 6.45) is 11.4. The molecule has 1 aromatic rings. The molecule has 1 spiro atoms. The second kappa shape index (κ2) is 6.76. The number of hydrogen-bond acceptors (Lipinski definition) is 5. The smallest absolute Gasteiger partial charge is 0.274 e. The number of rotatable bonds is 4. The zero-order chi connectivity index (χ0) is 16.4. The van der Waals surface area contributed by atoms with Crippen molar-refractivity contribution >= 4 is 5.91 Å². The normalized spacial score (nSPS) is 26.5. The van der Waals surface area contributed by atoms with Crippen molar-refractivity contribution in [3.63, 3.8) is 0 Å². The highest BCUT2D eigenvalue weighted by molar-refractivity contribution is 5.92. The molecule has 0 aromatic carbocycles. The van der Waals surface area contributed by atoms with E-state index < -0.39 is 0 Å². The Morgan fingerprint density at radius 2 is 2.12 bits per heavy atom. The highest BCUT2D eigenvalue weighted by Gasteiger charge is 2.42. The van der Waals surface area contributed by atoms with Gasteiger partial charge in [0.25, 0.3) is 5.91 Å². The predicted molar refractivity (Wildman–Crippen MR) is 87.6 cm³/mol. The third-order valence-electron chi connectivity index (χ3n) is 5.46. The largest absolute Gasteiger partial charge is 0.378 e. The Kier molecular flexibility index (Phi) is 4.50. The summed E-state index contributed by atoms with van der Waals surface area (Å²) in [4.78, 5) is 22.4. The molecule has 0 bridgehead atoms. The fourth-order valence-electron chi connectivity index (χ4n) is 3.72. The van der Waals surface area contributed by atoms with Gasteiger partial charge in [0.15, 0.2) is 0 Å². The first-order chi connectivity index (χ1) is 11.7. The Bertz CT molecular complexity index is 568. The van der Waals surface area contributed by atoms with Crippen molar-refractivity contribution in [2.45, 2.75) is 50.2 Å². The first kappa shape index (κ1) is 16.0. The zero-order valence-electron chi connectivity index (χ0n) is 14.0. The summed E-state index contributed by atoms with van der Waals surface area (Å²) < 4.78 is 12.2. The van der Waals surface area contributed by atoms with Gasteiger partial charge in [-0.2, -0.15) is 0 Å². The molecule has 1 saturated carbocycles. The lowest BCUT2D eigenvalue weighted by Crippen LogP contribution is -2.52. The number of carbonyl (C=O) groups excluding carboxylic acids is 1. The van der Waals surface area contributed by atoms with E-state index in [1.807, 2.05) is 4.90 Å². The topological polar surface area (TPSA) is 64.6 Å². The van der Waals surface area contributed by atoms with Crippen molar-refractivity contribution in [2.75, 3.05) is 26.3 Å². The number of piperidine rings is 1. The van der Waals surface area contributed by atoms with Crippen LogP contribution in [0.2, 0.25) is 0 Å². The lowest BCUT2D eigenvalue weighted by Gasteiger charge is -2.46. The minimum atomic E-state index is -0.106. The zero-order valence-corrected chi connectivity index (χ0v) is 14.0. The van der Waals surface area contributed by atoms with E-state index in [9.17, 15) is 4.79 Å². The summed E-state index contributed by atoms with van der Waals surface area (Å²) in [5.41, 5.74) is 0.315. The minimum Gasteiger partial charge on any atom is -0.378 e. The molecule has 4 rings (SSSR count). The molecule has 24 heavy (non-hydrogen) atoms. The van der Waals surface area contributed by atoms with E-state index in [1.54, 1.807) is 12.4 Å². The van der Waals surface area contributed by atoms with E-state index in [4.69, 9.17) is 9.47 Å². The van der Waals surface area contributed by atoms with E-state index >= 15 is 0 Å². The molecule has 3 fully saturated rings. The van der Waals surface area contributed by atoms with E-state index in [0.29, 0.717) is 24.9 Å². The van der Waals surface area contributed by atoms with Gasteiger partial charge in [0.2, 0.25) is 0 Å². The third kappa shape index (κ3) is 3.59. The molecule has 0 radical (unpaired) electrons. The number of ether oxygens (including phenoxy) is 2. The Hall–Kier alpha value is -1.53. The van der Waals surface area contributed by atoms with Crippen molar-refractivity contribution in [1.29, 1.82) is 0 Å². The molecule has 6 nitrogen and oxygen atoms in total. The number of amides is 1. The van der Waals surface area contributed by atoms with Crippen LogP contribution in [0.15, 0.2) is 18.6 Å². The molecule has 1 aromatic heterocycles. The summed E-state index contributed by atoms with van der Waals surface area (Å²) in [7, 11) is 0. The van der Waals surface area contributed by atoms with Crippen LogP contribution in [-0.2, 0) is 9.47 Å². The molecule has 0 N–H and O–H groups in total. The second-order valence-corrected chi connectivity index (χ2v) is 7.31. The molecule has 1 aliphatic carbocycles. The van der Waals surface area contributed by atoms with E-state index in [0.717, 1.165) is 44.8 Å². The van der Waals surface area contributed by atoms with Crippen molar-refractivity contribution in [3.05, 3.63) is 24.3 Å². The van der Waals surface area contributed by atoms with Crippen LogP contribution in [0.4, 0.5) is 0 Å². The molecular formula is C18H25N3O3. The van der Waals surface area contributed by atoms with Crippen LogP contribution < -0.4 is 0 Å². The first-order valence-electron chi connectivity index (χ1n) is 9.05. The standard InChI is InChI=1S/C18H25N3O3/c22-17(16-12-19-6-7-20-16)21-8-4-18(5-9-21)11-15(3-10-24-18)23-13-14-1-2-14/h6-7,12,14-15H,1-5,8-11,13H2. The average molecular weight is 331 g/mol. The SMILES string of the molecule is O=C(c1cnccn1)N1CCC2(CC1)CC(OCC1CC1)CCO2. The number of carbonyl (C=O) groups is 1. The highest BCUT2D eigenvalue weighted by atomic mass is 16.5. The predicted octanol–water partition coefficient (Wildman–Crippen LogP) is 2.06. The Morgan fingerprint density at radius 1 is 1.29 bits per heavy atom. The van der Waals surface area contributed by atoms with Gasteiger partial charge in [0.1, 0.15) is 5.69 Å². The molecule has 1 unspecified atom stereocenters. The van der Waals surface area contributed by atoms with Gasteiger partial charge in [0, 0.05) is 45.1 Å². The van der Waals surface area contributed by atoms with Crippen LogP contribution >= 0.6 is 0 Å². The van der Waals surface area contributed by atoms with Gasteiger partial charge in [-0.3, -0.25) is 9.78 Å². The third-order valence-corrected chi connectivity index (χ3v) is 5.46. The van der Waals surface area contributed by atoms with Gasteiger partial charge < -0.3 is 14.4 Å².